The Bertz CT molecular complexity index is 772. The molecule has 0 bridgehead atoms. The van der Waals surface area contributed by atoms with E-state index in [4.69, 9.17) is 9.47 Å². The van der Waals surface area contributed by atoms with Crippen molar-refractivity contribution in [2.24, 2.45) is 0 Å². The van der Waals surface area contributed by atoms with Gasteiger partial charge in [-0.15, -0.1) is 0 Å². The Morgan fingerprint density at radius 3 is 2.55 bits per heavy atom. The Morgan fingerprint density at radius 2 is 1.91 bits per heavy atom. The molecule has 0 spiro atoms. The lowest BCUT2D eigenvalue weighted by Gasteiger charge is -2.09. The van der Waals surface area contributed by atoms with Crippen LogP contribution >= 0.6 is 0 Å². The van der Waals surface area contributed by atoms with Crippen LogP contribution in [0.5, 0.6) is 0 Å². The molecule has 1 fully saturated rings. The first kappa shape index (κ1) is 14.4. The second kappa shape index (κ2) is 5.36. The minimum Gasteiger partial charge on any atom is -0.460 e. The Kier molecular flexibility index (Phi) is 3.52. The number of benzene rings is 1. The summed E-state index contributed by atoms with van der Waals surface area (Å²) in [6.07, 6.45) is -0.668. The minimum absolute atomic E-state index is 0.224. The number of ether oxygens (including phenoxy) is 2. The van der Waals surface area contributed by atoms with Crippen molar-refractivity contribution in [3.05, 3.63) is 35.2 Å². The van der Waals surface area contributed by atoms with Gasteiger partial charge in [-0.1, -0.05) is 0 Å². The summed E-state index contributed by atoms with van der Waals surface area (Å²) in [5.74, 6) is -1.05. The van der Waals surface area contributed by atoms with Gasteiger partial charge in [0, 0.05) is 6.42 Å². The maximum atomic E-state index is 12.2. The van der Waals surface area contributed by atoms with Crippen molar-refractivity contribution >= 4 is 23.0 Å². The zero-order valence-electron chi connectivity index (χ0n) is 12.6. The summed E-state index contributed by atoms with van der Waals surface area (Å²) in [7, 11) is 0. The number of cyclic esters (lactones) is 1. The van der Waals surface area contributed by atoms with E-state index in [0.29, 0.717) is 23.0 Å². The van der Waals surface area contributed by atoms with E-state index in [2.05, 4.69) is 9.97 Å². The number of aryl methyl sites for hydroxylation is 2. The number of aromatic nitrogens is 2. The molecule has 0 N–H and O–H groups in total. The predicted octanol–water partition coefficient (Wildman–Crippen LogP) is 2.11. The van der Waals surface area contributed by atoms with Crippen molar-refractivity contribution < 1.29 is 19.1 Å². The first-order valence-corrected chi connectivity index (χ1v) is 7.10. The normalized spacial score (nSPS) is 21.0. The summed E-state index contributed by atoms with van der Waals surface area (Å²) < 4.78 is 10.2. The molecule has 1 saturated heterocycles. The Morgan fingerprint density at radius 1 is 1.23 bits per heavy atom. The van der Waals surface area contributed by atoms with Crippen molar-refractivity contribution in [2.75, 3.05) is 0 Å². The van der Waals surface area contributed by atoms with Crippen LogP contribution in [0.4, 0.5) is 0 Å². The van der Waals surface area contributed by atoms with Crippen molar-refractivity contribution in [3.63, 3.8) is 0 Å². The van der Waals surface area contributed by atoms with E-state index in [0.717, 1.165) is 11.4 Å². The number of nitrogens with zero attached hydrogens (tertiary/aromatic N) is 2. The minimum atomic E-state index is -0.830. The zero-order chi connectivity index (χ0) is 15.9. The molecular weight excluding hydrogens is 284 g/mol. The van der Waals surface area contributed by atoms with Crippen LogP contribution in [-0.4, -0.2) is 34.1 Å². The maximum absolute atomic E-state index is 12.2. The molecule has 1 aromatic carbocycles. The average molecular weight is 300 g/mol. The van der Waals surface area contributed by atoms with E-state index in [1.165, 1.54) is 0 Å². The van der Waals surface area contributed by atoms with Gasteiger partial charge in [-0.2, -0.15) is 0 Å². The van der Waals surface area contributed by atoms with Gasteiger partial charge in [-0.3, -0.25) is 0 Å². The summed E-state index contributed by atoms with van der Waals surface area (Å²) >= 11 is 0. The number of fused-ring (bicyclic) bond motifs is 1. The Hall–Kier alpha value is -2.50. The van der Waals surface area contributed by atoms with Gasteiger partial charge in [-0.25, -0.2) is 19.6 Å². The van der Waals surface area contributed by atoms with E-state index >= 15 is 0 Å². The number of carbonyl (C=O) groups is 2. The van der Waals surface area contributed by atoms with Gasteiger partial charge in [-0.05, 0) is 39.0 Å². The zero-order valence-corrected chi connectivity index (χ0v) is 12.6. The predicted molar refractivity (Wildman–Crippen MR) is 78.4 cm³/mol. The highest BCUT2D eigenvalue weighted by Crippen LogP contribution is 2.20. The van der Waals surface area contributed by atoms with Crippen LogP contribution in [0.3, 0.4) is 0 Å². The third-order valence-electron chi connectivity index (χ3n) is 3.69. The molecule has 2 aromatic rings. The van der Waals surface area contributed by atoms with Crippen molar-refractivity contribution in [1.82, 2.24) is 9.97 Å². The summed E-state index contributed by atoms with van der Waals surface area (Å²) in [5, 5.41) is 0. The summed E-state index contributed by atoms with van der Waals surface area (Å²) in [4.78, 5) is 32.5. The van der Waals surface area contributed by atoms with Crippen LogP contribution < -0.4 is 0 Å². The van der Waals surface area contributed by atoms with Gasteiger partial charge < -0.3 is 9.47 Å². The molecule has 114 valence electrons. The molecule has 0 saturated carbocycles. The standard InChI is InChI=1S/C16H16N2O4/c1-8-6-14(16(20)21-8)22-15(19)11-4-5-12-13(7-11)18-10(3)9(2)17-12/h4-5,7-8,14H,6H2,1-3H3/t8-,14+/m1/s1. The molecule has 1 aliphatic rings. The molecule has 6 heteroatoms. The second-order valence-electron chi connectivity index (χ2n) is 5.48. The van der Waals surface area contributed by atoms with E-state index in [1.807, 2.05) is 13.8 Å². The number of rotatable bonds is 2. The monoisotopic (exact) mass is 300 g/mol. The van der Waals surface area contributed by atoms with Gasteiger partial charge in [0.05, 0.1) is 28.0 Å². The van der Waals surface area contributed by atoms with Gasteiger partial charge in [0.1, 0.15) is 6.10 Å². The fourth-order valence-corrected chi connectivity index (χ4v) is 2.37. The highest BCUT2D eigenvalue weighted by molar-refractivity contribution is 5.95. The van der Waals surface area contributed by atoms with Crippen LogP contribution in [0, 0.1) is 13.8 Å². The maximum Gasteiger partial charge on any atom is 0.347 e. The lowest BCUT2D eigenvalue weighted by molar-refractivity contribution is -0.147. The first-order valence-electron chi connectivity index (χ1n) is 7.10. The smallest absolute Gasteiger partial charge is 0.347 e. The molecule has 0 unspecified atom stereocenters. The molecule has 1 aromatic heterocycles. The first-order chi connectivity index (χ1) is 10.4. The molecular formula is C16H16N2O4. The lowest BCUT2D eigenvalue weighted by Crippen LogP contribution is -2.22. The van der Waals surface area contributed by atoms with Gasteiger partial charge in [0.2, 0.25) is 6.10 Å². The molecule has 0 aliphatic carbocycles. The van der Waals surface area contributed by atoms with Crippen molar-refractivity contribution in [3.8, 4) is 0 Å². The number of esters is 2. The van der Waals surface area contributed by atoms with Gasteiger partial charge in [0.25, 0.3) is 0 Å². The quantitative estimate of drug-likeness (QED) is 0.790. The third kappa shape index (κ3) is 2.64. The number of hydrogen-bond acceptors (Lipinski definition) is 6. The van der Waals surface area contributed by atoms with Crippen molar-refractivity contribution in [2.45, 2.75) is 39.4 Å². The van der Waals surface area contributed by atoms with Crippen LogP contribution in [0.15, 0.2) is 18.2 Å². The largest absolute Gasteiger partial charge is 0.460 e. The van der Waals surface area contributed by atoms with Crippen LogP contribution in [-0.2, 0) is 14.3 Å². The fraction of sp³-hybridized carbons (Fsp3) is 0.375. The third-order valence-corrected chi connectivity index (χ3v) is 3.69. The van der Waals surface area contributed by atoms with E-state index in [1.54, 1.807) is 25.1 Å². The van der Waals surface area contributed by atoms with Crippen molar-refractivity contribution in [1.29, 1.82) is 0 Å². The lowest BCUT2D eigenvalue weighted by atomic mass is 10.1. The van der Waals surface area contributed by atoms with Crippen LogP contribution in [0.2, 0.25) is 0 Å². The highest BCUT2D eigenvalue weighted by atomic mass is 16.6. The second-order valence-corrected chi connectivity index (χ2v) is 5.48. The number of hydrogen-bond donors (Lipinski definition) is 0. The average Bonchev–Trinajstić information content (AvgIpc) is 2.77. The van der Waals surface area contributed by atoms with E-state index < -0.39 is 18.0 Å². The fourth-order valence-electron chi connectivity index (χ4n) is 2.37. The Balaban J connectivity index is 1.85. The van der Waals surface area contributed by atoms with Gasteiger partial charge in [0.15, 0.2) is 0 Å². The molecule has 0 amide bonds. The van der Waals surface area contributed by atoms with Crippen LogP contribution in [0.25, 0.3) is 11.0 Å². The highest BCUT2D eigenvalue weighted by Gasteiger charge is 2.35. The topological polar surface area (TPSA) is 78.4 Å². The Labute approximate surface area is 127 Å². The summed E-state index contributed by atoms with van der Waals surface area (Å²) in [6.45, 7) is 5.52. The molecule has 1 aliphatic heterocycles. The van der Waals surface area contributed by atoms with Gasteiger partial charge >= 0.3 is 11.9 Å². The molecule has 0 radical (unpaired) electrons. The SMILES string of the molecule is Cc1nc2ccc(C(=O)O[C@H]3C[C@@H](C)OC3=O)cc2nc1C. The molecule has 6 nitrogen and oxygen atoms in total. The molecule has 2 atom stereocenters. The summed E-state index contributed by atoms with van der Waals surface area (Å²) in [6, 6.07) is 4.97. The van der Waals surface area contributed by atoms with Crippen LogP contribution in [0.1, 0.15) is 35.1 Å². The van der Waals surface area contributed by atoms with E-state index in [-0.39, 0.29) is 6.10 Å². The molecule has 3 rings (SSSR count). The van der Waals surface area contributed by atoms with E-state index in [9.17, 15) is 9.59 Å². The number of carbonyl (C=O) groups excluding carboxylic acids is 2. The molecule has 22 heavy (non-hydrogen) atoms. The molecule has 2 heterocycles. The summed E-state index contributed by atoms with van der Waals surface area (Å²) in [5.41, 5.74) is 3.35.